The predicted octanol–water partition coefficient (Wildman–Crippen LogP) is -1.17. The lowest BCUT2D eigenvalue weighted by molar-refractivity contribution is -0.123. The zero-order chi connectivity index (χ0) is 14.4. The molecule has 3 aliphatic heterocycles. The van der Waals surface area contributed by atoms with E-state index in [0.717, 1.165) is 26.2 Å². The highest BCUT2D eigenvalue weighted by Gasteiger charge is 2.41. The molecule has 3 heterocycles. The lowest BCUT2D eigenvalue weighted by Gasteiger charge is -2.25. The molecule has 0 aromatic rings. The number of amides is 1. The lowest BCUT2D eigenvalue weighted by Crippen LogP contribution is -2.50. The average Bonchev–Trinajstić information content (AvgIpc) is 2.91. The van der Waals surface area contributed by atoms with E-state index in [0.29, 0.717) is 24.8 Å². The van der Waals surface area contributed by atoms with Gasteiger partial charge in [0.1, 0.15) is 0 Å². The molecule has 0 aliphatic carbocycles. The van der Waals surface area contributed by atoms with E-state index < -0.39 is 15.4 Å². The molecular formula is C13H23N3O3S. The molecule has 0 aromatic carbocycles. The van der Waals surface area contributed by atoms with Crippen LogP contribution in [0.4, 0.5) is 0 Å². The number of nitrogens with zero attached hydrogens (tertiary/aromatic N) is 1. The molecule has 0 saturated carbocycles. The van der Waals surface area contributed by atoms with Gasteiger partial charge in [0.25, 0.3) is 0 Å². The summed E-state index contributed by atoms with van der Waals surface area (Å²) in [5.74, 6) is 1.55. The van der Waals surface area contributed by atoms with Crippen molar-refractivity contribution >= 4 is 15.7 Å². The van der Waals surface area contributed by atoms with Crippen molar-refractivity contribution in [2.75, 3.05) is 44.2 Å². The first-order valence-corrected chi connectivity index (χ1v) is 9.12. The third kappa shape index (κ3) is 2.99. The molecule has 0 spiro atoms. The molecule has 3 fully saturated rings. The van der Waals surface area contributed by atoms with Gasteiger partial charge in [-0.05, 0) is 38.3 Å². The van der Waals surface area contributed by atoms with E-state index in [1.54, 1.807) is 0 Å². The number of sulfone groups is 1. The van der Waals surface area contributed by atoms with Gasteiger partial charge in [-0.3, -0.25) is 9.69 Å². The van der Waals surface area contributed by atoms with Crippen molar-refractivity contribution in [1.82, 2.24) is 15.5 Å². The van der Waals surface area contributed by atoms with Gasteiger partial charge in [0.15, 0.2) is 9.84 Å². The Morgan fingerprint density at radius 1 is 1.35 bits per heavy atom. The van der Waals surface area contributed by atoms with E-state index in [1.807, 2.05) is 6.92 Å². The van der Waals surface area contributed by atoms with E-state index in [2.05, 4.69) is 15.5 Å². The van der Waals surface area contributed by atoms with Crippen LogP contribution in [-0.2, 0) is 14.6 Å². The minimum absolute atomic E-state index is 0.0440. The number of likely N-dealkylation sites (tertiary alicyclic amines) is 1. The van der Waals surface area contributed by atoms with Gasteiger partial charge < -0.3 is 10.6 Å². The van der Waals surface area contributed by atoms with E-state index in [4.69, 9.17) is 0 Å². The van der Waals surface area contributed by atoms with Crippen LogP contribution in [0.25, 0.3) is 0 Å². The van der Waals surface area contributed by atoms with Crippen LogP contribution in [0.15, 0.2) is 0 Å². The Hall–Kier alpha value is -0.660. The lowest BCUT2D eigenvalue weighted by atomic mass is 10.0. The maximum absolute atomic E-state index is 12.1. The Kier molecular flexibility index (Phi) is 3.54. The zero-order valence-electron chi connectivity index (χ0n) is 11.9. The van der Waals surface area contributed by atoms with Gasteiger partial charge >= 0.3 is 0 Å². The van der Waals surface area contributed by atoms with Crippen LogP contribution in [0.3, 0.4) is 0 Å². The Balaban J connectivity index is 1.51. The van der Waals surface area contributed by atoms with Gasteiger partial charge in [-0.1, -0.05) is 0 Å². The molecule has 2 N–H and O–H groups in total. The molecular weight excluding hydrogens is 278 g/mol. The minimum Gasteiger partial charge on any atom is -0.349 e. The number of rotatable bonds is 3. The van der Waals surface area contributed by atoms with Gasteiger partial charge in [-0.15, -0.1) is 0 Å². The second kappa shape index (κ2) is 4.96. The molecule has 7 heteroatoms. The molecule has 1 unspecified atom stereocenters. The van der Waals surface area contributed by atoms with Crippen molar-refractivity contribution in [3.8, 4) is 0 Å². The van der Waals surface area contributed by atoms with Crippen molar-refractivity contribution in [2.45, 2.75) is 18.9 Å². The molecule has 3 saturated heterocycles. The third-order valence-electron chi connectivity index (χ3n) is 4.78. The molecule has 0 radical (unpaired) electrons. The highest BCUT2D eigenvalue weighted by atomic mass is 32.2. The number of fused-ring (bicyclic) bond motifs is 1. The average molecular weight is 301 g/mol. The van der Waals surface area contributed by atoms with Crippen LogP contribution in [0.5, 0.6) is 0 Å². The van der Waals surface area contributed by atoms with E-state index in [-0.39, 0.29) is 17.4 Å². The normalized spacial score (nSPS) is 39.9. The van der Waals surface area contributed by atoms with Crippen LogP contribution in [0, 0.1) is 11.8 Å². The fourth-order valence-electron chi connectivity index (χ4n) is 3.77. The fourth-order valence-corrected chi connectivity index (χ4v) is 5.86. The van der Waals surface area contributed by atoms with Crippen molar-refractivity contribution in [1.29, 1.82) is 0 Å². The summed E-state index contributed by atoms with van der Waals surface area (Å²) in [6, 6.07) is 0. The first-order valence-electron chi connectivity index (χ1n) is 7.30. The topological polar surface area (TPSA) is 78.5 Å². The van der Waals surface area contributed by atoms with Gasteiger partial charge in [-0.25, -0.2) is 8.42 Å². The standard InChI is InChI=1S/C13H23N3O3S/c1-13(2-3-20(18,19)9-13)15-12(17)8-16-6-10-4-14-5-11(10)7-16/h10-11,14H,2-9H2,1H3,(H,15,17)/t10-,11+,13?. The Labute approximate surface area is 120 Å². The molecule has 6 nitrogen and oxygen atoms in total. The quantitative estimate of drug-likeness (QED) is 0.687. The van der Waals surface area contributed by atoms with Crippen molar-refractivity contribution in [3.05, 3.63) is 0 Å². The maximum Gasteiger partial charge on any atom is 0.234 e. The molecule has 0 bridgehead atoms. The number of hydrogen-bond donors (Lipinski definition) is 2. The predicted molar refractivity (Wildman–Crippen MR) is 76.1 cm³/mol. The molecule has 20 heavy (non-hydrogen) atoms. The molecule has 1 amide bonds. The Bertz CT molecular complexity index is 495. The largest absolute Gasteiger partial charge is 0.349 e. The van der Waals surface area contributed by atoms with Crippen molar-refractivity contribution in [2.24, 2.45) is 11.8 Å². The van der Waals surface area contributed by atoms with Crippen LogP contribution < -0.4 is 10.6 Å². The first-order chi connectivity index (χ1) is 9.35. The number of hydrogen-bond acceptors (Lipinski definition) is 5. The molecule has 3 aliphatic rings. The summed E-state index contributed by atoms with van der Waals surface area (Å²) in [7, 11) is -2.98. The summed E-state index contributed by atoms with van der Waals surface area (Å²) in [6.45, 7) is 6.28. The van der Waals surface area contributed by atoms with Crippen LogP contribution in [-0.4, -0.2) is 69.0 Å². The Morgan fingerprint density at radius 3 is 2.55 bits per heavy atom. The summed E-state index contributed by atoms with van der Waals surface area (Å²) < 4.78 is 23.1. The monoisotopic (exact) mass is 301 g/mol. The van der Waals surface area contributed by atoms with Crippen molar-refractivity contribution < 1.29 is 13.2 Å². The highest BCUT2D eigenvalue weighted by Crippen LogP contribution is 2.26. The maximum atomic E-state index is 12.1. The highest BCUT2D eigenvalue weighted by molar-refractivity contribution is 7.91. The van der Waals surface area contributed by atoms with Crippen molar-refractivity contribution in [3.63, 3.8) is 0 Å². The second-order valence-corrected chi connectivity index (χ2v) is 9.01. The van der Waals surface area contributed by atoms with Crippen LogP contribution in [0.2, 0.25) is 0 Å². The van der Waals surface area contributed by atoms with E-state index in [9.17, 15) is 13.2 Å². The SMILES string of the molecule is CC1(NC(=O)CN2C[C@H]3CNC[C@H]3C2)CCS(=O)(=O)C1. The third-order valence-corrected chi connectivity index (χ3v) is 6.68. The molecule has 3 atom stereocenters. The molecule has 0 aromatic heterocycles. The summed E-state index contributed by atoms with van der Waals surface area (Å²) in [5, 5.41) is 6.31. The molecule has 3 rings (SSSR count). The minimum atomic E-state index is -2.98. The zero-order valence-corrected chi connectivity index (χ0v) is 12.7. The van der Waals surface area contributed by atoms with Gasteiger partial charge in [0.2, 0.25) is 5.91 Å². The van der Waals surface area contributed by atoms with E-state index >= 15 is 0 Å². The summed E-state index contributed by atoms with van der Waals surface area (Å²) >= 11 is 0. The number of carbonyl (C=O) groups excluding carboxylic acids is 1. The smallest absolute Gasteiger partial charge is 0.234 e. The fraction of sp³-hybridized carbons (Fsp3) is 0.923. The first kappa shape index (κ1) is 14.3. The Morgan fingerprint density at radius 2 is 2.00 bits per heavy atom. The number of nitrogens with one attached hydrogen (secondary N) is 2. The van der Waals surface area contributed by atoms with Gasteiger partial charge in [0.05, 0.1) is 23.6 Å². The van der Waals surface area contributed by atoms with Crippen LogP contribution >= 0.6 is 0 Å². The van der Waals surface area contributed by atoms with Gasteiger partial charge in [-0.2, -0.15) is 0 Å². The second-order valence-electron chi connectivity index (χ2n) is 6.82. The van der Waals surface area contributed by atoms with E-state index in [1.165, 1.54) is 0 Å². The number of carbonyl (C=O) groups is 1. The van der Waals surface area contributed by atoms with Gasteiger partial charge in [0, 0.05) is 13.1 Å². The summed E-state index contributed by atoms with van der Waals surface area (Å²) in [4.78, 5) is 14.3. The van der Waals surface area contributed by atoms with Crippen LogP contribution in [0.1, 0.15) is 13.3 Å². The molecule has 114 valence electrons. The summed E-state index contributed by atoms with van der Waals surface area (Å²) in [6.07, 6.45) is 0.524. The summed E-state index contributed by atoms with van der Waals surface area (Å²) in [5.41, 5.74) is -0.576.